The predicted octanol–water partition coefficient (Wildman–Crippen LogP) is 1.44. The molecule has 0 radical (unpaired) electrons. The molecule has 0 saturated carbocycles. The Morgan fingerprint density at radius 2 is 2.15 bits per heavy atom. The summed E-state index contributed by atoms with van der Waals surface area (Å²) in [5.74, 6) is 0.0301. The molecule has 0 aliphatic carbocycles. The molecular weight excluding hydrogens is 258 g/mol. The molecule has 0 bridgehead atoms. The van der Waals surface area contributed by atoms with Crippen molar-refractivity contribution in [2.75, 3.05) is 30.9 Å². The fraction of sp³-hybridized carbons (Fsp3) is 0.571. The normalized spacial score (nSPS) is 10.7. The van der Waals surface area contributed by atoms with E-state index in [0.717, 1.165) is 12.8 Å². The fourth-order valence-corrected chi connectivity index (χ4v) is 2.26. The summed E-state index contributed by atoms with van der Waals surface area (Å²) in [6, 6.07) is 1.75. The van der Waals surface area contributed by atoms with Crippen LogP contribution >= 0.6 is 0 Å². The van der Waals surface area contributed by atoms with Crippen LogP contribution in [0.25, 0.3) is 0 Å². The Kier molecular flexibility index (Phi) is 6.24. The van der Waals surface area contributed by atoms with Crippen LogP contribution in [0, 0.1) is 0 Å². The number of nitrogen functional groups attached to an aromatic ring is 1. The second-order valence-corrected chi connectivity index (χ2v) is 4.52. The molecule has 6 nitrogen and oxygen atoms in total. The molecule has 1 aromatic heterocycles. The number of aliphatic hydroxyl groups is 1. The molecule has 6 heteroatoms. The van der Waals surface area contributed by atoms with Crippen LogP contribution in [0.3, 0.4) is 0 Å². The average molecular weight is 281 g/mol. The van der Waals surface area contributed by atoms with Gasteiger partial charge in [-0.15, -0.1) is 0 Å². The molecule has 112 valence electrons. The minimum atomic E-state index is -0.478. The van der Waals surface area contributed by atoms with Gasteiger partial charge in [-0.3, -0.25) is 0 Å². The molecule has 1 aromatic rings. The average Bonchev–Trinajstić information content (AvgIpc) is 2.46. The van der Waals surface area contributed by atoms with E-state index >= 15 is 0 Å². The topological polar surface area (TPSA) is 88.7 Å². The van der Waals surface area contributed by atoms with Crippen LogP contribution in [0.4, 0.5) is 11.5 Å². The number of anilines is 2. The van der Waals surface area contributed by atoms with Crippen molar-refractivity contribution in [2.24, 2.45) is 0 Å². The summed E-state index contributed by atoms with van der Waals surface area (Å²) >= 11 is 0. The number of nitrogens with two attached hydrogens (primary N) is 1. The van der Waals surface area contributed by atoms with E-state index in [-0.39, 0.29) is 12.6 Å². The lowest BCUT2D eigenvalue weighted by atomic mass is 10.1. The highest BCUT2D eigenvalue weighted by Crippen LogP contribution is 2.24. The van der Waals surface area contributed by atoms with Crippen molar-refractivity contribution in [3.8, 4) is 0 Å². The van der Waals surface area contributed by atoms with E-state index in [9.17, 15) is 9.90 Å². The maximum absolute atomic E-state index is 11.9. The summed E-state index contributed by atoms with van der Waals surface area (Å²) in [7, 11) is 1.32. The standard InChI is InChI=1S/C14H23N3O3/c1-4-11(5-2)17(6-7-18)13-12(14(19)20-3)8-10(15)9-16-13/h8-9,11,18H,4-7,15H2,1-3H3. The first-order chi connectivity index (χ1) is 9.58. The molecule has 3 N–H and O–H groups in total. The number of esters is 1. The van der Waals surface area contributed by atoms with E-state index in [0.29, 0.717) is 23.6 Å². The Morgan fingerprint density at radius 3 is 2.65 bits per heavy atom. The first-order valence-corrected chi connectivity index (χ1v) is 6.80. The summed E-state index contributed by atoms with van der Waals surface area (Å²) in [5, 5.41) is 9.27. The van der Waals surface area contributed by atoms with Gasteiger partial charge in [0.15, 0.2) is 0 Å². The first-order valence-electron chi connectivity index (χ1n) is 6.80. The van der Waals surface area contributed by atoms with Gasteiger partial charge in [-0.05, 0) is 18.9 Å². The number of hydrogen-bond acceptors (Lipinski definition) is 6. The Morgan fingerprint density at radius 1 is 1.50 bits per heavy atom. The van der Waals surface area contributed by atoms with Crippen LogP contribution < -0.4 is 10.6 Å². The Balaban J connectivity index is 3.28. The fourth-order valence-electron chi connectivity index (χ4n) is 2.26. The van der Waals surface area contributed by atoms with Gasteiger partial charge >= 0.3 is 5.97 Å². The molecule has 0 unspecified atom stereocenters. The quantitative estimate of drug-likeness (QED) is 0.735. The van der Waals surface area contributed by atoms with Crippen molar-refractivity contribution in [3.63, 3.8) is 0 Å². The summed E-state index contributed by atoms with van der Waals surface area (Å²) in [6.07, 6.45) is 3.29. The summed E-state index contributed by atoms with van der Waals surface area (Å²) in [4.78, 5) is 18.1. The van der Waals surface area contributed by atoms with Crippen LogP contribution in [-0.4, -0.2) is 42.4 Å². The van der Waals surface area contributed by atoms with Gasteiger partial charge in [0, 0.05) is 12.6 Å². The van der Waals surface area contributed by atoms with Crippen LogP contribution in [0.2, 0.25) is 0 Å². The highest BCUT2D eigenvalue weighted by Gasteiger charge is 2.23. The van der Waals surface area contributed by atoms with Crippen molar-refractivity contribution < 1.29 is 14.6 Å². The second kappa shape index (κ2) is 7.69. The van der Waals surface area contributed by atoms with Crippen molar-refractivity contribution in [2.45, 2.75) is 32.7 Å². The summed E-state index contributed by atoms with van der Waals surface area (Å²) in [5.41, 5.74) is 6.43. The Bertz CT molecular complexity index is 447. The van der Waals surface area contributed by atoms with Gasteiger partial charge in [0.2, 0.25) is 0 Å². The third kappa shape index (κ3) is 3.60. The molecule has 0 amide bonds. The van der Waals surface area contributed by atoms with Crippen molar-refractivity contribution in [1.82, 2.24) is 4.98 Å². The van der Waals surface area contributed by atoms with Crippen molar-refractivity contribution in [1.29, 1.82) is 0 Å². The van der Waals surface area contributed by atoms with Gasteiger partial charge < -0.3 is 20.5 Å². The monoisotopic (exact) mass is 281 g/mol. The lowest BCUT2D eigenvalue weighted by molar-refractivity contribution is 0.0601. The smallest absolute Gasteiger partial charge is 0.341 e. The van der Waals surface area contributed by atoms with Gasteiger partial charge in [-0.2, -0.15) is 0 Å². The molecule has 0 saturated heterocycles. The SMILES string of the molecule is CCC(CC)N(CCO)c1ncc(N)cc1C(=O)OC. The highest BCUT2D eigenvalue weighted by molar-refractivity contribution is 5.95. The van der Waals surface area contributed by atoms with Crippen molar-refractivity contribution >= 4 is 17.5 Å². The van der Waals surface area contributed by atoms with E-state index in [1.54, 1.807) is 6.07 Å². The molecule has 0 aromatic carbocycles. The van der Waals surface area contributed by atoms with Gasteiger partial charge in [-0.1, -0.05) is 13.8 Å². The molecule has 0 atom stereocenters. The van der Waals surface area contributed by atoms with E-state index in [1.165, 1.54) is 13.3 Å². The number of carbonyl (C=O) groups excluding carboxylic acids is 1. The van der Waals surface area contributed by atoms with Gasteiger partial charge in [-0.25, -0.2) is 9.78 Å². The maximum Gasteiger partial charge on any atom is 0.341 e. The van der Waals surface area contributed by atoms with Crippen LogP contribution in [0.15, 0.2) is 12.3 Å². The molecular formula is C14H23N3O3. The van der Waals surface area contributed by atoms with Crippen LogP contribution in [0.5, 0.6) is 0 Å². The molecule has 0 aliphatic rings. The summed E-state index contributed by atoms with van der Waals surface area (Å²) < 4.78 is 4.78. The molecule has 1 rings (SSSR count). The third-order valence-corrected chi connectivity index (χ3v) is 3.29. The minimum absolute atomic E-state index is 0.0107. The number of nitrogens with zero attached hydrogens (tertiary/aromatic N) is 2. The lowest BCUT2D eigenvalue weighted by Gasteiger charge is -2.32. The second-order valence-electron chi connectivity index (χ2n) is 4.52. The van der Waals surface area contributed by atoms with E-state index in [4.69, 9.17) is 10.5 Å². The highest BCUT2D eigenvalue weighted by atomic mass is 16.5. The van der Waals surface area contributed by atoms with Gasteiger partial charge in [0.1, 0.15) is 11.4 Å². The molecule has 1 heterocycles. The predicted molar refractivity (Wildman–Crippen MR) is 78.8 cm³/mol. The minimum Gasteiger partial charge on any atom is -0.465 e. The molecule has 0 spiro atoms. The number of methoxy groups -OCH3 is 1. The number of pyridine rings is 1. The zero-order valence-electron chi connectivity index (χ0n) is 12.3. The number of ether oxygens (including phenoxy) is 1. The van der Waals surface area contributed by atoms with Gasteiger partial charge in [0.25, 0.3) is 0 Å². The Labute approximate surface area is 119 Å². The largest absolute Gasteiger partial charge is 0.465 e. The van der Waals surface area contributed by atoms with E-state index in [2.05, 4.69) is 18.8 Å². The van der Waals surface area contributed by atoms with E-state index in [1.807, 2.05) is 4.90 Å². The maximum atomic E-state index is 11.9. The number of aliphatic hydroxyl groups excluding tert-OH is 1. The molecule has 20 heavy (non-hydrogen) atoms. The third-order valence-electron chi connectivity index (χ3n) is 3.29. The Hall–Kier alpha value is -1.82. The molecule has 0 aliphatic heterocycles. The van der Waals surface area contributed by atoms with Crippen molar-refractivity contribution in [3.05, 3.63) is 17.8 Å². The van der Waals surface area contributed by atoms with Crippen LogP contribution in [0.1, 0.15) is 37.0 Å². The lowest BCUT2D eigenvalue weighted by Crippen LogP contribution is -2.38. The van der Waals surface area contributed by atoms with Crippen LogP contribution in [-0.2, 0) is 4.74 Å². The van der Waals surface area contributed by atoms with Gasteiger partial charge in [0.05, 0.1) is 25.6 Å². The summed E-state index contributed by atoms with van der Waals surface area (Å²) in [6.45, 7) is 4.53. The first kappa shape index (κ1) is 16.2. The number of rotatable bonds is 7. The number of hydrogen-bond donors (Lipinski definition) is 2. The molecule has 0 fully saturated rings. The number of carbonyl (C=O) groups is 1. The zero-order valence-corrected chi connectivity index (χ0v) is 12.3. The zero-order chi connectivity index (χ0) is 15.1. The van der Waals surface area contributed by atoms with E-state index < -0.39 is 5.97 Å². The number of aromatic nitrogens is 1.